The van der Waals surface area contributed by atoms with Crippen LogP contribution in [0.15, 0.2) is 88.1 Å². The van der Waals surface area contributed by atoms with Crippen molar-refractivity contribution in [3.8, 4) is 0 Å². The van der Waals surface area contributed by atoms with E-state index in [1.807, 2.05) is 31.2 Å². The number of carbonyl (C=O) groups is 2. The highest BCUT2D eigenvalue weighted by atomic mass is 16.5. The number of hydrogen-bond acceptors (Lipinski definition) is 5. The summed E-state index contributed by atoms with van der Waals surface area (Å²) in [5, 5.41) is 0.707. The van der Waals surface area contributed by atoms with Crippen LogP contribution in [-0.4, -0.2) is 11.8 Å². The molecular formula is C26H20O5. The summed E-state index contributed by atoms with van der Waals surface area (Å²) in [7, 11) is 0. The number of esters is 1. The van der Waals surface area contributed by atoms with E-state index in [-0.39, 0.29) is 23.5 Å². The van der Waals surface area contributed by atoms with Gasteiger partial charge in [-0.25, -0.2) is 9.59 Å². The van der Waals surface area contributed by atoms with E-state index in [1.165, 1.54) is 6.07 Å². The van der Waals surface area contributed by atoms with E-state index in [1.54, 1.807) is 48.5 Å². The second kappa shape index (κ2) is 8.79. The van der Waals surface area contributed by atoms with Gasteiger partial charge in [0.2, 0.25) is 0 Å². The molecule has 0 radical (unpaired) electrons. The summed E-state index contributed by atoms with van der Waals surface area (Å²) in [4.78, 5) is 37.7. The molecule has 0 aliphatic heterocycles. The predicted molar refractivity (Wildman–Crippen MR) is 117 cm³/mol. The van der Waals surface area contributed by atoms with Crippen LogP contribution in [0.1, 0.15) is 44.3 Å². The highest BCUT2D eigenvalue weighted by Gasteiger charge is 2.19. The van der Waals surface area contributed by atoms with Crippen molar-refractivity contribution in [3.63, 3.8) is 0 Å². The molecule has 4 aromatic rings. The number of ketones is 1. The Morgan fingerprint density at radius 2 is 1.58 bits per heavy atom. The fourth-order valence-electron chi connectivity index (χ4n) is 3.44. The smallest absolute Gasteiger partial charge is 0.339 e. The minimum absolute atomic E-state index is 0.111. The van der Waals surface area contributed by atoms with Gasteiger partial charge in [-0.05, 0) is 24.1 Å². The molecule has 0 aliphatic carbocycles. The van der Waals surface area contributed by atoms with Gasteiger partial charge in [0.25, 0.3) is 0 Å². The summed E-state index contributed by atoms with van der Waals surface area (Å²) in [6, 6.07) is 22.2. The molecule has 0 saturated carbocycles. The fourth-order valence-corrected chi connectivity index (χ4v) is 3.44. The minimum Gasteiger partial charge on any atom is -0.457 e. The van der Waals surface area contributed by atoms with Crippen molar-refractivity contribution in [2.45, 2.75) is 20.0 Å². The monoisotopic (exact) mass is 412 g/mol. The van der Waals surface area contributed by atoms with Crippen LogP contribution in [0.4, 0.5) is 0 Å². The zero-order chi connectivity index (χ0) is 21.8. The molecule has 0 fully saturated rings. The third-order valence-corrected chi connectivity index (χ3v) is 5.09. The van der Waals surface area contributed by atoms with Crippen molar-refractivity contribution in [3.05, 3.63) is 117 Å². The molecule has 0 spiro atoms. The molecule has 0 saturated heterocycles. The second-order valence-corrected chi connectivity index (χ2v) is 7.09. The Labute approximate surface area is 178 Å². The molecule has 1 heterocycles. The fraction of sp³-hybridized carbons (Fsp3) is 0.115. The Kier molecular flexibility index (Phi) is 5.76. The van der Waals surface area contributed by atoms with Crippen molar-refractivity contribution < 1.29 is 18.7 Å². The molecule has 0 unspecified atom stereocenters. The highest BCUT2D eigenvalue weighted by molar-refractivity contribution is 6.14. The van der Waals surface area contributed by atoms with Crippen molar-refractivity contribution in [1.29, 1.82) is 0 Å². The van der Waals surface area contributed by atoms with Crippen LogP contribution < -0.4 is 5.63 Å². The van der Waals surface area contributed by atoms with Crippen LogP contribution in [0, 0.1) is 0 Å². The summed E-state index contributed by atoms with van der Waals surface area (Å²) >= 11 is 0. The Morgan fingerprint density at radius 3 is 2.32 bits per heavy atom. The molecule has 0 atom stereocenters. The van der Waals surface area contributed by atoms with Crippen molar-refractivity contribution in [2.24, 2.45) is 0 Å². The lowest BCUT2D eigenvalue weighted by molar-refractivity contribution is 0.0471. The lowest BCUT2D eigenvalue weighted by atomic mass is 9.98. The molecule has 5 nitrogen and oxygen atoms in total. The molecule has 4 rings (SSSR count). The van der Waals surface area contributed by atoms with E-state index in [9.17, 15) is 14.4 Å². The largest absolute Gasteiger partial charge is 0.457 e. The normalized spacial score (nSPS) is 10.7. The van der Waals surface area contributed by atoms with E-state index in [0.29, 0.717) is 22.1 Å². The van der Waals surface area contributed by atoms with E-state index in [4.69, 9.17) is 9.15 Å². The van der Waals surface area contributed by atoms with Gasteiger partial charge in [0, 0.05) is 28.1 Å². The van der Waals surface area contributed by atoms with Gasteiger partial charge in [0.15, 0.2) is 5.78 Å². The van der Waals surface area contributed by atoms with Gasteiger partial charge in [-0.1, -0.05) is 67.6 Å². The van der Waals surface area contributed by atoms with Gasteiger partial charge in [0.05, 0.1) is 5.56 Å². The minimum atomic E-state index is -0.633. The maximum atomic E-state index is 12.9. The number of benzene rings is 3. The maximum Gasteiger partial charge on any atom is 0.339 e. The molecule has 31 heavy (non-hydrogen) atoms. The number of ether oxygens (including phenoxy) is 1. The molecule has 3 aromatic carbocycles. The van der Waals surface area contributed by atoms with Crippen molar-refractivity contribution >= 4 is 22.7 Å². The van der Waals surface area contributed by atoms with Crippen molar-refractivity contribution in [1.82, 2.24) is 0 Å². The van der Waals surface area contributed by atoms with Gasteiger partial charge in [-0.3, -0.25) is 4.79 Å². The standard InChI is InChI=1S/C26H20O5/c1-2-17-12-13-20-19(15-24(27)31-23(20)14-17)16-30-26(29)22-11-7-6-10-21(22)25(28)18-8-4-3-5-9-18/h3-15H,2,16H2,1H3. The summed E-state index contributed by atoms with van der Waals surface area (Å²) < 4.78 is 10.8. The molecule has 154 valence electrons. The molecule has 0 amide bonds. The molecule has 0 bridgehead atoms. The van der Waals surface area contributed by atoms with Gasteiger partial charge >= 0.3 is 11.6 Å². The highest BCUT2D eigenvalue weighted by Crippen LogP contribution is 2.21. The first kappa shape index (κ1) is 20.3. The summed E-state index contributed by atoms with van der Waals surface area (Å²) in [5.41, 5.74) is 2.47. The first-order valence-corrected chi connectivity index (χ1v) is 9.98. The molecular weight excluding hydrogens is 392 g/mol. The van der Waals surface area contributed by atoms with E-state index in [0.717, 1.165) is 12.0 Å². The topological polar surface area (TPSA) is 73.6 Å². The average Bonchev–Trinajstić information content (AvgIpc) is 2.81. The molecule has 1 aromatic heterocycles. The quantitative estimate of drug-likeness (QED) is 0.255. The lowest BCUT2D eigenvalue weighted by Crippen LogP contribution is -2.13. The lowest BCUT2D eigenvalue weighted by Gasteiger charge is -2.10. The van der Waals surface area contributed by atoms with Crippen LogP contribution in [0.25, 0.3) is 11.0 Å². The zero-order valence-electron chi connectivity index (χ0n) is 17.0. The Hall–Kier alpha value is -3.99. The van der Waals surface area contributed by atoms with E-state index >= 15 is 0 Å². The number of hydrogen-bond donors (Lipinski definition) is 0. The summed E-state index contributed by atoms with van der Waals surface area (Å²) in [6.07, 6.45) is 0.811. The molecule has 5 heteroatoms. The molecule has 0 aliphatic rings. The predicted octanol–water partition coefficient (Wildman–Crippen LogP) is 4.94. The number of rotatable bonds is 6. The van der Waals surface area contributed by atoms with Gasteiger partial charge in [0.1, 0.15) is 12.2 Å². The van der Waals surface area contributed by atoms with Crippen LogP contribution >= 0.6 is 0 Å². The van der Waals surface area contributed by atoms with Gasteiger partial charge in [-0.15, -0.1) is 0 Å². The first-order valence-electron chi connectivity index (χ1n) is 9.98. The number of aryl methyl sites for hydroxylation is 1. The average molecular weight is 412 g/mol. The second-order valence-electron chi connectivity index (χ2n) is 7.09. The zero-order valence-corrected chi connectivity index (χ0v) is 17.0. The van der Waals surface area contributed by atoms with Gasteiger partial charge < -0.3 is 9.15 Å². The third-order valence-electron chi connectivity index (χ3n) is 5.09. The SMILES string of the molecule is CCc1ccc2c(COC(=O)c3ccccc3C(=O)c3ccccc3)cc(=O)oc2c1. The Morgan fingerprint density at radius 1 is 0.871 bits per heavy atom. The van der Waals surface area contributed by atoms with E-state index in [2.05, 4.69) is 0 Å². The number of fused-ring (bicyclic) bond motifs is 1. The van der Waals surface area contributed by atoms with Crippen LogP contribution in [-0.2, 0) is 17.8 Å². The number of carbonyl (C=O) groups excluding carboxylic acids is 2. The Balaban J connectivity index is 1.61. The van der Waals surface area contributed by atoms with Crippen LogP contribution in [0.5, 0.6) is 0 Å². The van der Waals surface area contributed by atoms with E-state index < -0.39 is 11.6 Å². The Bertz CT molecular complexity index is 1320. The van der Waals surface area contributed by atoms with Crippen LogP contribution in [0.2, 0.25) is 0 Å². The maximum absolute atomic E-state index is 12.9. The molecule has 0 N–H and O–H groups in total. The third kappa shape index (κ3) is 4.31. The van der Waals surface area contributed by atoms with Gasteiger partial charge in [-0.2, -0.15) is 0 Å². The van der Waals surface area contributed by atoms with Crippen LogP contribution in [0.3, 0.4) is 0 Å². The first-order chi connectivity index (χ1) is 15.1. The summed E-state index contributed by atoms with van der Waals surface area (Å²) in [5.74, 6) is -0.891. The summed E-state index contributed by atoms with van der Waals surface area (Å²) in [6.45, 7) is 1.90. The van der Waals surface area contributed by atoms with Crippen molar-refractivity contribution in [2.75, 3.05) is 0 Å².